The van der Waals surface area contributed by atoms with Crippen molar-refractivity contribution in [3.05, 3.63) is 120 Å². The normalized spacial score (nSPS) is 15.3. The molecule has 1 atom stereocenters. The van der Waals surface area contributed by atoms with E-state index in [0.29, 0.717) is 0 Å². The lowest BCUT2D eigenvalue weighted by atomic mass is 9.98. The highest BCUT2D eigenvalue weighted by Gasteiger charge is 2.24. The van der Waals surface area contributed by atoms with E-state index >= 15 is 0 Å². The molecule has 1 aromatic heterocycles. The zero-order valence-corrected chi connectivity index (χ0v) is 16.2. The molecule has 0 aliphatic carbocycles. The van der Waals surface area contributed by atoms with Crippen molar-refractivity contribution in [3.8, 4) is 5.69 Å². The van der Waals surface area contributed by atoms with E-state index in [4.69, 9.17) is 4.99 Å². The van der Waals surface area contributed by atoms with E-state index in [1.54, 1.807) is 0 Å². The van der Waals surface area contributed by atoms with Gasteiger partial charge in [0.05, 0.1) is 17.1 Å². The van der Waals surface area contributed by atoms with Gasteiger partial charge in [0, 0.05) is 22.4 Å². The minimum atomic E-state index is 0.00340. The van der Waals surface area contributed by atoms with Crippen LogP contribution in [0.5, 0.6) is 0 Å². The lowest BCUT2D eigenvalue weighted by Crippen LogP contribution is -2.09. The Morgan fingerprint density at radius 2 is 1.46 bits per heavy atom. The van der Waals surface area contributed by atoms with Crippen LogP contribution in [0, 0.1) is 0 Å². The second-order valence-electron chi connectivity index (χ2n) is 6.81. The van der Waals surface area contributed by atoms with Crippen LogP contribution in [0.15, 0.2) is 113 Å². The molecule has 0 N–H and O–H groups in total. The number of rotatable bonds is 4. The van der Waals surface area contributed by atoms with Crippen LogP contribution in [0.2, 0.25) is 0 Å². The molecule has 4 aromatic rings. The summed E-state index contributed by atoms with van der Waals surface area (Å²) in [5.41, 5.74) is 5.98. The second kappa shape index (κ2) is 7.53. The van der Waals surface area contributed by atoms with Gasteiger partial charge >= 0.3 is 0 Å². The Balaban J connectivity index is 1.62. The Bertz CT molecular complexity index is 1110. The summed E-state index contributed by atoms with van der Waals surface area (Å²) in [5, 5.41) is 0. The van der Waals surface area contributed by atoms with Crippen molar-refractivity contribution < 1.29 is 0 Å². The Morgan fingerprint density at radius 3 is 2.29 bits per heavy atom. The van der Waals surface area contributed by atoms with Crippen LogP contribution in [0.25, 0.3) is 5.69 Å². The molecule has 3 heteroatoms. The number of benzene rings is 3. The van der Waals surface area contributed by atoms with Crippen molar-refractivity contribution in [3.63, 3.8) is 0 Å². The number of thioether (sulfide) groups is 1. The summed E-state index contributed by atoms with van der Waals surface area (Å²) >= 11 is 1.84. The summed E-state index contributed by atoms with van der Waals surface area (Å²) < 4.78 is 2.28. The molecule has 3 aromatic carbocycles. The summed E-state index contributed by atoms with van der Waals surface area (Å²) in [4.78, 5) is 6.56. The standard InChI is InChI=1S/C25H20N2S/c1-3-10-19(11-4-1)25-21-14-7-8-15-23(21)27-17-9-16-24(27)22(26-25)18-28-20-12-5-2-6-13-20/h1-17,25H,18H2. The van der Waals surface area contributed by atoms with Crippen LogP contribution in [0.3, 0.4) is 0 Å². The molecule has 136 valence electrons. The Morgan fingerprint density at radius 1 is 0.750 bits per heavy atom. The van der Waals surface area contributed by atoms with Gasteiger partial charge < -0.3 is 4.57 Å². The predicted molar refractivity (Wildman–Crippen MR) is 118 cm³/mol. The Labute approximate surface area is 169 Å². The second-order valence-corrected chi connectivity index (χ2v) is 7.86. The first kappa shape index (κ1) is 17.1. The van der Waals surface area contributed by atoms with Gasteiger partial charge in [-0.1, -0.05) is 66.7 Å². The summed E-state index contributed by atoms with van der Waals surface area (Å²) in [6.07, 6.45) is 2.14. The summed E-state index contributed by atoms with van der Waals surface area (Å²) in [7, 11) is 0. The largest absolute Gasteiger partial charge is 0.315 e. The first-order chi connectivity index (χ1) is 13.9. The minimum Gasteiger partial charge on any atom is -0.315 e. The number of aliphatic imine (C=N–C) groups is 1. The predicted octanol–water partition coefficient (Wildman–Crippen LogP) is 6.16. The van der Waals surface area contributed by atoms with E-state index in [0.717, 1.165) is 11.5 Å². The van der Waals surface area contributed by atoms with E-state index in [2.05, 4.69) is 108 Å². The molecule has 1 unspecified atom stereocenters. The van der Waals surface area contributed by atoms with Crippen LogP contribution < -0.4 is 0 Å². The van der Waals surface area contributed by atoms with E-state index in [9.17, 15) is 0 Å². The number of hydrogen-bond acceptors (Lipinski definition) is 2. The Hall–Kier alpha value is -3.04. The van der Waals surface area contributed by atoms with Crippen molar-refractivity contribution in [1.82, 2.24) is 4.57 Å². The van der Waals surface area contributed by atoms with Gasteiger partial charge in [-0.15, -0.1) is 11.8 Å². The molecule has 0 saturated heterocycles. The molecule has 2 nitrogen and oxygen atoms in total. The number of hydrogen-bond donors (Lipinski definition) is 0. The highest BCUT2D eigenvalue weighted by atomic mass is 32.2. The van der Waals surface area contributed by atoms with Crippen LogP contribution in [0.4, 0.5) is 0 Å². The molecule has 0 amide bonds. The lowest BCUT2D eigenvalue weighted by molar-refractivity contribution is 0.868. The smallest absolute Gasteiger partial charge is 0.102 e. The van der Waals surface area contributed by atoms with E-state index in [-0.39, 0.29) is 6.04 Å². The maximum absolute atomic E-state index is 5.29. The number of nitrogens with zero attached hydrogens (tertiary/aromatic N) is 2. The van der Waals surface area contributed by atoms with Gasteiger partial charge in [0.2, 0.25) is 0 Å². The van der Waals surface area contributed by atoms with Crippen molar-refractivity contribution in [2.45, 2.75) is 10.9 Å². The van der Waals surface area contributed by atoms with Crippen molar-refractivity contribution in [2.24, 2.45) is 4.99 Å². The summed E-state index contributed by atoms with van der Waals surface area (Å²) in [6, 6.07) is 34.0. The average Bonchev–Trinajstić information content (AvgIpc) is 3.20. The third kappa shape index (κ3) is 3.19. The fourth-order valence-electron chi connectivity index (χ4n) is 3.72. The van der Waals surface area contributed by atoms with Crippen molar-refractivity contribution in [2.75, 3.05) is 5.75 Å². The fourth-order valence-corrected chi connectivity index (χ4v) is 4.60. The maximum Gasteiger partial charge on any atom is 0.102 e. The molecule has 1 aliphatic heterocycles. The van der Waals surface area contributed by atoms with Gasteiger partial charge in [0.15, 0.2) is 0 Å². The molecular formula is C25H20N2S. The SMILES string of the molecule is c1ccc(SCC2=NC(c3ccccc3)c3ccccc3-n3cccc32)cc1. The van der Waals surface area contributed by atoms with E-state index in [1.165, 1.54) is 27.4 Å². The topological polar surface area (TPSA) is 17.3 Å². The molecule has 0 fully saturated rings. The quantitative estimate of drug-likeness (QED) is 0.387. The van der Waals surface area contributed by atoms with E-state index in [1.807, 2.05) is 11.8 Å². The number of fused-ring (bicyclic) bond motifs is 3. The first-order valence-corrected chi connectivity index (χ1v) is 10.5. The van der Waals surface area contributed by atoms with E-state index < -0.39 is 0 Å². The molecule has 1 aliphatic rings. The van der Waals surface area contributed by atoms with Crippen molar-refractivity contribution >= 4 is 17.5 Å². The third-order valence-electron chi connectivity index (χ3n) is 5.05. The third-order valence-corrected chi connectivity index (χ3v) is 6.08. The first-order valence-electron chi connectivity index (χ1n) is 9.46. The molecule has 0 saturated carbocycles. The van der Waals surface area contributed by atoms with Gasteiger partial charge in [-0.25, -0.2) is 0 Å². The van der Waals surface area contributed by atoms with Crippen LogP contribution in [-0.4, -0.2) is 16.0 Å². The minimum absolute atomic E-state index is 0.00340. The van der Waals surface area contributed by atoms with Gasteiger partial charge in [-0.2, -0.15) is 0 Å². The summed E-state index contributed by atoms with van der Waals surface area (Å²) in [6.45, 7) is 0. The van der Waals surface area contributed by atoms with Gasteiger partial charge in [0.25, 0.3) is 0 Å². The van der Waals surface area contributed by atoms with Gasteiger partial charge in [-0.05, 0) is 35.9 Å². The highest BCUT2D eigenvalue weighted by Crippen LogP contribution is 2.35. The van der Waals surface area contributed by atoms with Crippen LogP contribution in [-0.2, 0) is 0 Å². The maximum atomic E-state index is 5.29. The fraction of sp³-hybridized carbons (Fsp3) is 0.0800. The summed E-state index contributed by atoms with van der Waals surface area (Å²) in [5.74, 6) is 0.839. The lowest BCUT2D eigenvalue weighted by Gasteiger charge is -2.16. The zero-order chi connectivity index (χ0) is 18.8. The van der Waals surface area contributed by atoms with Gasteiger partial charge in [-0.3, -0.25) is 4.99 Å². The molecule has 0 radical (unpaired) electrons. The van der Waals surface area contributed by atoms with Crippen LogP contribution in [0.1, 0.15) is 22.9 Å². The van der Waals surface area contributed by atoms with Crippen molar-refractivity contribution in [1.29, 1.82) is 0 Å². The molecule has 0 spiro atoms. The number of aromatic nitrogens is 1. The molecule has 28 heavy (non-hydrogen) atoms. The van der Waals surface area contributed by atoms with Gasteiger partial charge in [0.1, 0.15) is 6.04 Å². The molecule has 5 rings (SSSR count). The zero-order valence-electron chi connectivity index (χ0n) is 15.4. The number of para-hydroxylation sites is 1. The van der Waals surface area contributed by atoms with Crippen LogP contribution >= 0.6 is 11.8 Å². The average molecular weight is 381 g/mol. The molecular weight excluding hydrogens is 360 g/mol. The molecule has 0 bridgehead atoms. The monoisotopic (exact) mass is 380 g/mol. The Kier molecular flexibility index (Phi) is 4.59. The molecule has 2 heterocycles. The highest BCUT2D eigenvalue weighted by molar-refractivity contribution is 8.00.